The number of benzene rings is 2. The predicted octanol–water partition coefficient (Wildman–Crippen LogP) is 4.28. The Bertz CT molecular complexity index is 766. The molecule has 0 saturated heterocycles. The minimum Gasteiger partial charge on any atom is -0.493 e. The molecule has 0 heterocycles. The molecule has 0 fully saturated rings. The summed E-state index contributed by atoms with van der Waals surface area (Å²) in [6.07, 6.45) is 0. The first-order valence-electron chi connectivity index (χ1n) is 8.86. The summed E-state index contributed by atoms with van der Waals surface area (Å²) in [6, 6.07) is 11.5. The molecule has 0 aliphatic carbocycles. The van der Waals surface area contributed by atoms with Crippen LogP contribution in [0.15, 0.2) is 36.4 Å². The Kier molecular flexibility index (Phi) is 6.37. The fraction of sp³-hybridized carbons (Fsp3) is 0.409. The molecule has 0 aliphatic heterocycles. The van der Waals surface area contributed by atoms with Gasteiger partial charge < -0.3 is 19.1 Å². The van der Waals surface area contributed by atoms with E-state index in [0.717, 1.165) is 5.56 Å². The standard InChI is InChI=1S/C22H29NO4/c1-22(2,3)17-10-8-16(9-11-17)21(24)23(4)14-15-12-18(25-5)20(27-7)19(13-15)26-6/h8-13H,14H2,1-7H3. The van der Waals surface area contributed by atoms with Gasteiger partial charge >= 0.3 is 0 Å². The Balaban J connectivity index is 2.21. The van der Waals surface area contributed by atoms with E-state index in [1.54, 1.807) is 33.3 Å². The maximum atomic E-state index is 12.8. The van der Waals surface area contributed by atoms with Gasteiger partial charge in [-0.2, -0.15) is 0 Å². The third-order valence-electron chi connectivity index (χ3n) is 4.49. The van der Waals surface area contributed by atoms with Crippen LogP contribution in [0.5, 0.6) is 17.2 Å². The first-order valence-corrected chi connectivity index (χ1v) is 8.86. The lowest BCUT2D eigenvalue weighted by atomic mass is 9.86. The SMILES string of the molecule is COc1cc(CN(C)C(=O)c2ccc(C(C)(C)C)cc2)cc(OC)c1OC. The van der Waals surface area contributed by atoms with Crippen LogP contribution in [0.3, 0.4) is 0 Å². The van der Waals surface area contributed by atoms with Crippen LogP contribution in [0, 0.1) is 0 Å². The summed E-state index contributed by atoms with van der Waals surface area (Å²) in [7, 11) is 6.50. The van der Waals surface area contributed by atoms with Crippen molar-refractivity contribution in [2.24, 2.45) is 0 Å². The van der Waals surface area contributed by atoms with Crippen molar-refractivity contribution in [1.82, 2.24) is 4.90 Å². The van der Waals surface area contributed by atoms with E-state index in [-0.39, 0.29) is 11.3 Å². The zero-order valence-electron chi connectivity index (χ0n) is 17.3. The second-order valence-electron chi connectivity index (χ2n) is 7.52. The maximum Gasteiger partial charge on any atom is 0.253 e. The molecular formula is C22H29NO4. The van der Waals surface area contributed by atoms with Crippen molar-refractivity contribution in [2.45, 2.75) is 32.7 Å². The molecule has 2 aromatic rings. The summed E-state index contributed by atoms with van der Waals surface area (Å²) >= 11 is 0. The predicted molar refractivity (Wildman–Crippen MR) is 107 cm³/mol. The monoisotopic (exact) mass is 371 g/mol. The van der Waals surface area contributed by atoms with Gasteiger partial charge in [0.2, 0.25) is 5.75 Å². The third-order valence-corrected chi connectivity index (χ3v) is 4.49. The summed E-state index contributed by atoms with van der Waals surface area (Å²) in [5.74, 6) is 1.64. The number of ether oxygens (including phenoxy) is 3. The largest absolute Gasteiger partial charge is 0.493 e. The molecule has 5 heteroatoms. The van der Waals surface area contributed by atoms with Crippen LogP contribution < -0.4 is 14.2 Å². The average Bonchev–Trinajstić information content (AvgIpc) is 2.65. The number of rotatable bonds is 6. The molecule has 0 aliphatic rings. The van der Waals surface area contributed by atoms with Crippen LogP contribution in [0.1, 0.15) is 42.3 Å². The third kappa shape index (κ3) is 4.73. The summed E-state index contributed by atoms with van der Waals surface area (Å²) in [4.78, 5) is 14.5. The molecule has 0 saturated carbocycles. The first-order chi connectivity index (χ1) is 12.7. The van der Waals surface area contributed by atoms with Gasteiger partial charge in [-0.1, -0.05) is 32.9 Å². The number of amides is 1. The van der Waals surface area contributed by atoms with E-state index in [2.05, 4.69) is 20.8 Å². The van der Waals surface area contributed by atoms with Crippen molar-refractivity contribution in [3.05, 3.63) is 53.1 Å². The van der Waals surface area contributed by atoms with Crippen molar-refractivity contribution in [1.29, 1.82) is 0 Å². The molecular weight excluding hydrogens is 342 g/mol. The van der Waals surface area contributed by atoms with Gasteiger partial charge in [0.1, 0.15) is 0 Å². The minimum absolute atomic E-state index is 0.0378. The summed E-state index contributed by atoms with van der Waals surface area (Å²) in [5.41, 5.74) is 2.82. The highest BCUT2D eigenvalue weighted by atomic mass is 16.5. The fourth-order valence-corrected chi connectivity index (χ4v) is 2.91. The van der Waals surface area contributed by atoms with E-state index < -0.39 is 0 Å². The highest BCUT2D eigenvalue weighted by molar-refractivity contribution is 5.94. The molecule has 0 N–H and O–H groups in total. The number of hydrogen-bond donors (Lipinski definition) is 0. The molecule has 2 rings (SSSR count). The van der Waals surface area contributed by atoms with Crippen molar-refractivity contribution in [3.8, 4) is 17.2 Å². The molecule has 1 amide bonds. The smallest absolute Gasteiger partial charge is 0.253 e. The van der Waals surface area contributed by atoms with Crippen LogP contribution >= 0.6 is 0 Å². The van der Waals surface area contributed by atoms with Gasteiger partial charge in [0.25, 0.3) is 5.91 Å². The topological polar surface area (TPSA) is 48.0 Å². The number of nitrogens with zero attached hydrogens (tertiary/aromatic N) is 1. The molecule has 0 atom stereocenters. The van der Waals surface area contributed by atoms with E-state index in [0.29, 0.717) is 29.4 Å². The van der Waals surface area contributed by atoms with Gasteiger partial charge in [0.05, 0.1) is 21.3 Å². The average molecular weight is 371 g/mol. The molecule has 5 nitrogen and oxygen atoms in total. The van der Waals surface area contributed by atoms with E-state index >= 15 is 0 Å². The first kappa shape index (κ1) is 20.6. The van der Waals surface area contributed by atoms with Crippen LogP contribution in [0.25, 0.3) is 0 Å². The van der Waals surface area contributed by atoms with Gasteiger partial charge in [0.15, 0.2) is 11.5 Å². The van der Waals surface area contributed by atoms with Crippen LogP contribution in [0.2, 0.25) is 0 Å². The van der Waals surface area contributed by atoms with Gasteiger partial charge in [-0.05, 0) is 40.8 Å². The molecule has 0 radical (unpaired) electrons. The second kappa shape index (κ2) is 8.33. The van der Waals surface area contributed by atoms with E-state index in [9.17, 15) is 4.79 Å². The highest BCUT2D eigenvalue weighted by Gasteiger charge is 2.18. The Hall–Kier alpha value is -2.69. The lowest BCUT2D eigenvalue weighted by Gasteiger charge is -2.21. The Morgan fingerprint density at radius 1 is 0.926 bits per heavy atom. The number of carbonyl (C=O) groups is 1. The van der Waals surface area contributed by atoms with Crippen LogP contribution in [-0.2, 0) is 12.0 Å². The molecule has 0 aromatic heterocycles. The van der Waals surface area contributed by atoms with E-state index in [1.807, 2.05) is 36.4 Å². The van der Waals surface area contributed by atoms with Gasteiger partial charge in [-0.25, -0.2) is 0 Å². The van der Waals surface area contributed by atoms with Crippen molar-refractivity contribution < 1.29 is 19.0 Å². The molecule has 0 bridgehead atoms. The highest BCUT2D eigenvalue weighted by Crippen LogP contribution is 2.38. The van der Waals surface area contributed by atoms with Crippen LogP contribution in [0.4, 0.5) is 0 Å². The zero-order valence-corrected chi connectivity index (χ0v) is 17.3. The fourth-order valence-electron chi connectivity index (χ4n) is 2.91. The van der Waals surface area contributed by atoms with Gasteiger partial charge in [-0.15, -0.1) is 0 Å². The van der Waals surface area contributed by atoms with E-state index in [1.165, 1.54) is 5.56 Å². The van der Waals surface area contributed by atoms with Crippen molar-refractivity contribution in [3.63, 3.8) is 0 Å². The zero-order chi connectivity index (χ0) is 20.2. The number of methoxy groups -OCH3 is 3. The normalized spacial score (nSPS) is 11.1. The lowest BCUT2D eigenvalue weighted by molar-refractivity contribution is 0.0784. The number of hydrogen-bond acceptors (Lipinski definition) is 4. The summed E-state index contributed by atoms with van der Waals surface area (Å²) in [5, 5.41) is 0. The number of carbonyl (C=O) groups excluding carboxylic acids is 1. The Morgan fingerprint density at radius 3 is 1.85 bits per heavy atom. The molecule has 0 spiro atoms. The van der Waals surface area contributed by atoms with Crippen LogP contribution in [-0.4, -0.2) is 39.2 Å². The summed E-state index contributed by atoms with van der Waals surface area (Å²) < 4.78 is 16.1. The van der Waals surface area contributed by atoms with Crippen molar-refractivity contribution >= 4 is 5.91 Å². The molecule has 27 heavy (non-hydrogen) atoms. The minimum atomic E-state index is -0.0378. The Morgan fingerprint density at radius 2 is 1.44 bits per heavy atom. The van der Waals surface area contributed by atoms with E-state index in [4.69, 9.17) is 14.2 Å². The van der Waals surface area contributed by atoms with Crippen molar-refractivity contribution in [2.75, 3.05) is 28.4 Å². The molecule has 146 valence electrons. The Labute approximate surface area is 161 Å². The van der Waals surface area contributed by atoms with Gasteiger partial charge in [0, 0.05) is 19.2 Å². The quantitative estimate of drug-likeness (QED) is 0.760. The van der Waals surface area contributed by atoms with Gasteiger partial charge in [-0.3, -0.25) is 4.79 Å². The molecule has 2 aromatic carbocycles. The lowest BCUT2D eigenvalue weighted by Crippen LogP contribution is -2.26. The summed E-state index contributed by atoms with van der Waals surface area (Å²) in [6.45, 7) is 6.89. The maximum absolute atomic E-state index is 12.8. The second-order valence-corrected chi connectivity index (χ2v) is 7.52. The molecule has 0 unspecified atom stereocenters.